The summed E-state index contributed by atoms with van der Waals surface area (Å²) in [6.07, 6.45) is 0.776. The van der Waals surface area contributed by atoms with E-state index >= 15 is 0 Å². The summed E-state index contributed by atoms with van der Waals surface area (Å²) in [6, 6.07) is 15.9. The van der Waals surface area contributed by atoms with Crippen molar-refractivity contribution in [1.29, 1.82) is 5.26 Å². The highest BCUT2D eigenvalue weighted by molar-refractivity contribution is 5.92. The number of benzene rings is 2. The van der Waals surface area contributed by atoms with Crippen molar-refractivity contribution in [2.24, 2.45) is 0 Å². The average Bonchev–Trinajstić information content (AvgIpc) is 2.48. The van der Waals surface area contributed by atoms with Gasteiger partial charge in [0.1, 0.15) is 5.75 Å². The molecule has 19 heavy (non-hydrogen) atoms. The van der Waals surface area contributed by atoms with Crippen LogP contribution in [-0.2, 0) is 6.42 Å². The second-order valence-corrected chi connectivity index (χ2v) is 4.04. The fraction of sp³-hybridized carbons (Fsp3) is 0.125. The lowest BCUT2D eigenvalue weighted by Crippen LogP contribution is -2.11. The molecule has 0 aromatic heterocycles. The fourth-order valence-corrected chi connectivity index (χ4v) is 1.79. The molecule has 2 rings (SSSR count). The van der Waals surface area contributed by atoms with Gasteiger partial charge in [-0.15, -0.1) is 0 Å². The van der Waals surface area contributed by atoms with Gasteiger partial charge in [-0.05, 0) is 42.3 Å². The predicted molar refractivity (Wildman–Crippen MR) is 71.9 cm³/mol. The molecule has 0 amide bonds. The van der Waals surface area contributed by atoms with E-state index < -0.39 is 0 Å². The minimum absolute atomic E-state index is 0.373. The third-order valence-electron chi connectivity index (χ3n) is 2.81. The van der Waals surface area contributed by atoms with Gasteiger partial charge in [-0.1, -0.05) is 25.1 Å². The predicted octanol–water partition coefficient (Wildman–Crippen LogP) is 3.34. The van der Waals surface area contributed by atoms with Gasteiger partial charge >= 0.3 is 5.97 Å². The van der Waals surface area contributed by atoms with Gasteiger partial charge in [0.25, 0.3) is 0 Å². The standard InChI is InChI=1S/C16H13NO2/c1-2-13-5-3-4-6-15(13)16(18)19-14-9-7-12(11-17)8-10-14/h3-10H,2H2,1H3. The maximum absolute atomic E-state index is 12.1. The Hall–Kier alpha value is -2.60. The first-order chi connectivity index (χ1) is 9.24. The van der Waals surface area contributed by atoms with Crippen LogP contribution < -0.4 is 4.74 Å². The van der Waals surface area contributed by atoms with E-state index in [0.29, 0.717) is 16.9 Å². The van der Waals surface area contributed by atoms with Crippen LogP contribution in [0.25, 0.3) is 0 Å². The molecule has 0 fully saturated rings. The smallest absolute Gasteiger partial charge is 0.343 e. The molecule has 0 atom stereocenters. The third-order valence-corrected chi connectivity index (χ3v) is 2.81. The number of hydrogen-bond donors (Lipinski definition) is 0. The van der Waals surface area contributed by atoms with E-state index in [1.54, 1.807) is 30.3 Å². The topological polar surface area (TPSA) is 50.1 Å². The Morgan fingerprint density at radius 2 is 1.84 bits per heavy atom. The molecule has 0 saturated heterocycles. The van der Waals surface area contributed by atoms with Crippen molar-refractivity contribution in [3.63, 3.8) is 0 Å². The van der Waals surface area contributed by atoms with Crippen molar-refractivity contribution in [3.8, 4) is 11.8 Å². The summed E-state index contributed by atoms with van der Waals surface area (Å²) >= 11 is 0. The molecule has 0 aliphatic carbocycles. The second-order valence-electron chi connectivity index (χ2n) is 4.04. The second kappa shape index (κ2) is 5.83. The Bertz CT molecular complexity index is 624. The van der Waals surface area contributed by atoms with Gasteiger partial charge in [-0.3, -0.25) is 0 Å². The minimum atomic E-state index is -0.373. The largest absolute Gasteiger partial charge is 0.423 e. The van der Waals surface area contributed by atoms with Gasteiger partial charge < -0.3 is 4.74 Å². The lowest BCUT2D eigenvalue weighted by Gasteiger charge is -2.07. The molecule has 0 spiro atoms. The Labute approximate surface area is 112 Å². The van der Waals surface area contributed by atoms with Crippen LogP contribution in [0.15, 0.2) is 48.5 Å². The maximum atomic E-state index is 12.1. The van der Waals surface area contributed by atoms with Crippen LogP contribution in [-0.4, -0.2) is 5.97 Å². The van der Waals surface area contributed by atoms with Crippen LogP contribution in [0.5, 0.6) is 5.75 Å². The zero-order valence-corrected chi connectivity index (χ0v) is 10.6. The van der Waals surface area contributed by atoms with Crippen LogP contribution in [0.3, 0.4) is 0 Å². The van der Waals surface area contributed by atoms with Gasteiger partial charge in [0.2, 0.25) is 0 Å². The lowest BCUT2D eigenvalue weighted by molar-refractivity contribution is 0.0733. The van der Waals surface area contributed by atoms with Crippen LogP contribution in [0.2, 0.25) is 0 Å². The summed E-state index contributed by atoms with van der Waals surface area (Å²) in [5, 5.41) is 8.70. The molecule has 3 nitrogen and oxygen atoms in total. The summed E-state index contributed by atoms with van der Waals surface area (Å²) in [4.78, 5) is 12.1. The molecule has 0 saturated carbocycles. The van der Waals surface area contributed by atoms with E-state index in [2.05, 4.69) is 0 Å². The number of carbonyl (C=O) groups is 1. The Kier molecular flexibility index (Phi) is 3.94. The molecule has 0 radical (unpaired) electrons. The summed E-state index contributed by atoms with van der Waals surface area (Å²) in [6.45, 7) is 1.99. The van der Waals surface area contributed by atoms with Crippen LogP contribution in [0.4, 0.5) is 0 Å². The number of carbonyl (C=O) groups excluding carboxylic acids is 1. The van der Waals surface area contributed by atoms with Crippen molar-refractivity contribution in [2.45, 2.75) is 13.3 Å². The van der Waals surface area contributed by atoms with Gasteiger partial charge in [0.15, 0.2) is 0 Å². The van der Waals surface area contributed by atoms with Crippen LogP contribution in [0.1, 0.15) is 28.4 Å². The number of nitrogens with zero attached hydrogens (tertiary/aromatic N) is 1. The first kappa shape index (κ1) is 12.8. The van der Waals surface area contributed by atoms with Gasteiger partial charge in [0, 0.05) is 0 Å². The summed E-state index contributed by atoms with van der Waals surface area (Å²) < 4.78 is 5.29. The third kappa shape index (κ3) is 2.99. The van der Waals surface area contributed by atoms with E-state index in [-0.39, 0.29) is 5.97 Å². The highest BCUT2D eigenvalue weighted by atomic mass is 16.5. The van der Waals surface area contributed by atoms with Crippen LogP contribution >= 0.6 is 0 Å². The molecule has 2 aromatic rings. The summed E-state index contributed by atoms with van der Waals surface area (Å²) in [7, 11) is 0. The number of ether oxygens (including phenoxy) is 1. The molecule has 3 heteroatoms. The molecule has 0 N–H and O–H groups in total. The van der Waals surface area contributed by atoms with Crippen molar-refractivity contribution >= 4 is 5.97 Å². The Morgan fingerprint density at radius 1 is 1.16 bits per heavy atom. The fourth-order valence-electron chi connectivity index (χ4n) is 1.79. The molecular formula is C16H13NO2. The molecule has 0 heterocycles. The van der Waals surface area contributed by atoms with Crippen molar-refractivity contribution in [2.75, 3.05) is 0 Å². The molecular weight excluding hydrogens is 238 g/mol. The SMILES string of the molecule is CCc1ccccc1C(=O)Oc1ccc(C#N)cc1. The molecule has 2 aromatic carbocycles. The van der Waals surface area contributed by atoms with Crippen molar-refractivity contribution in [1.82, 2.24) is 0 Å². The number of esters is 1. The van der Waals surface area contributed by atoms with E-state index in [0.717, 1.165) is 12.0 Å². The first-order valence-electron chi connectivity index (χ1n) is 6.05. The van der Waals surface area contributed by atoms with E-state index in [1.807, 2.05) is 31.2 Å². The lowest BCUT2D eigenvalue weighted by atomic mass is 10.1. The molecule has 0 unspecified atom stereocenters. The molecule has 0 bridgehead atoms. The van der Waals surface area contributed by atoms with E-state index in [9.17, 15) is 4.79 Å². The molecule has 0 aliphatic rings. The first-order valence-corrected chi connectivity index (χ1v) is 6.05. The van der Waals surface area contributed by atoms with Gasteiger partial charge in [0.05, 0.1) is 17.2 Å². The van der Waals surface area contributed by atoms with Crippen molar-refractivity contribution in [3.05, 3.63) is 65.2 Å². The van der Waals surface area contributed by atoms with Gasteiger partial charge in [-0.2, -0.15) is 5.26 Å². The monoisotopic (exact) mass is 251 g/mol. The quantitative estimate of drug-likeness (QED) is 0.621. The average molecular weight is 251 g/mol. The number of aryl methyl sites for hydroxylation is 1. The van der Waals surface area contributed by atoms with E-state index in [4.69, 9.17) is 10.00 Å². The van der Waals surface area contributed by atoms with E-state index in [1.165, 1.54) is 0 Å². The zero-order chi connectivity index (χ0) is 13.7. The zero-order valence-electron chi connectivity index (χ0n) is 10.6. The Morgan fingerprint density at radius 3 is 2.47 bits per heavy atom. The van der Waals surface area contributed by atoms with Gasteiger partial charge in [-0.25, -0.2) is 4.79 Å². The number of rotatable bonds is 3. The summed E-state index contributed by atoms with van der Waals surface area (Å²) in [5.74, 6) is 0.0667. The number of hydrogen-bond acceptors (Lipinski definition) is 3. The van der Waals surface area contributed by atoms with Crippen molar-refractivity contribution < 1.29 is 9.53 Å². The highest BCUT2D eigenvalue weighted by Gasteiger charge is 2.12. The number of nitriles is 1. The van der Waals surface area contributed by atoms with Crippen LogP contribution in [0, 0.1) is 11.3 Å². The highest BCUT2D eigenvalue weighted by Crippen LogP contribution is 2.16. The molecule has 0 aliphatic heterocycles. The normalized spacial score (nSPS) is 9.68. The minimum Gasteiger partial charge on any atom is -0.423 e. The maximum Gasteiger partial charge on any atom is 0.343 e. The molecule has 94 valence electrons. The summed E-state index contributed by atoms with van der Waals surface area (Å²) in [5.41, 5.74) is 2.07. The Balaban J connectivity index is 2.18.